The highest BCUT2D eigenvalue weighted by molar-refractivity contribution is 7.89. The van der Waals surface area contributed by atoms with Gasteiger partial charge in [-0.15, -0.1) is 0 Å². The Kier molecular flexibility index (Phi) is 5.77. The average Bonchev–Trinajstić information content (AvgIpc) is 3.24. The van der Waals surface area contributed by atoms with E-state index in [9.17, 15) is 18.0 Å². The van der Waals surface area contributed by atoms with E-state index in [1.807, 2.05) is 0 Å². The predicted octanol–water partition coefficient (Wildman–Crippen LogP) is 1.90. The van der Waals surface area contributed by atoms with Crippen molar-refractivity contribution in [3.05, 3.63) is 71.5 Å². The zero-order valence-electron chi connectivity index (χ0n) is 16.2. The van der Waals surface area contributed by atoms with Crippen molar-refractivity contribution in [3.63, 3.8) is 0 Å². The number of carbonyl (C=O) groups is 2. The highest BCUT2D eigenvalue weighted by atomic mass is 35.5. The lowest BCUT2D eigenvalue weighted by atomic mass is 10.3. The summed E-state index contributed by atoms with van der Waals surface area (Å²) in [5.41, 5.74) is 1.30. The zero-order chi connectivity index (χ0) is 22.0. The topological polar surface area (TPSA) is 113 Å². The number of anilines is 1. The fraction of sp³-hybridized carbons (Fsp3) is 0.150. The molecule has 0 bridgehead atoms. The molecule has 1 aromatic heterocycles. The van der Waals surface area contributed by atoms with Gasteiger partial charge in [0.05, 0.1) is 28.9 Å². The molecule has 31 heavy (non-hydrogen) atoms. The summed E-state index contributed by atoms with van der Waals surface area (Å²) in [4.78, 5) is 24.2. The second kappa shape index (κ2) is 8.50. The monoisotopic (exact) mass is 459 g/mol. The van der Waals surface area contributed by atoms with Gasteiger partial charge in [-0.25, -0.2) is 13.1 Å². The van der Waals surface area contributed by atoms with E-state index in [0.717, 1.165) is 4.31 Å². The molecule has 0 radical (unpaired) electrons. The van der Waals surface area contributed by atoms with E-state index in [2.05, 4.69) is 15.7 Å². The summed E-state index contributed by atoms with van der Waals surface area (Å²) >= 11 is 5.99. The molecule has 1 aliphatic rings. The van der Waals surface area contributed by atoms with Crippen LogP contribution in [0.5, 0.6) is 0 Å². The smallest absolute Gasteiger partial charge is 0.258 e. The van der Waals surface area contributed by atoms with E-state index < -0.39 is 15.9 Å². The lowest BCUT2D eigenvalue weighted by Crippen LogP contribution is -2.49. The van der Waals surface area contributed by atoms with Crippen LogP contribution in [0.1, 0.15) is 10.4 Å². The first-order valence-electron chi connectivity index (χ1n) is 9.32. The number of amides is 2. The minimum absolute atomic E-state index is 0.00498. The van der Waals surface area contributed by atoms with Crippen molar-refractivity contribution >= 4 is 39.1 Å². The molecule has 3 aromatic rings. The SMILES string of the molecule is O=C1CN(S(=O)(=O)c2cccc(NC(=O)c3cnn(-c4cccc(Cl)c4)c3)c2)CCN1. The molecule has 0 spiro atoms. The Hall–Kier alpha value is -3.21. The highest BCUT2D eigenvalue weighted by Crippen LogP contribution is 2.21. The quantitative estimate of drug-likeness (QED) is 0.605. The van der Waals surface area contributed by atoms with Gasteiger partial charge in [-0.1, -0.05) is 23.7 Å². The molecule has 2 amide bonds. The first-order valence-corrected chi connectivity index (χ1v) is 11.1. The molecule has 4 rings (SSSR count). The molecule has 1 saturated heterocycles. The standard InChI is InChI=1S/C20H18ClN5O4S/c21-15-3-1-5-17(9-15)26-12-14(11-23-26)20(28)24-16-4-2-6-18(10-16)31(29,30)25-8-7-22-19(27)13-25/h1-6,9-12H,7-8,13H2,(H,22,27)(H,24,28). The van der Waals surface area contributed by atoms with E-state index in [0.29, 0.717) is 22.0 Å². The Morgan fingerprint density at radius 3 is 2.74 bits per heavy atom. The summed E-state index contributed by atoms with van der Waals surface area (Å²) in [6, 6.07) is 12.9. The number of rotatable bonds is 5. The van der Waals surface area contributed by atoms with Crippen LogP contribution in [0.25, 0.3) is 5.69 Å². The van der Waals surface area contributed by atoms with Crippen LogP contribution in [0.2, 0.25) is 5.02 Å². The fourth-order valence-corrected chi connectivity index (χ4v) is 4.73. The van der Waals surface area contributed by atoms with Crippen LogP contribution in [0.15, 0.2) is 65.8 Å². The molecule has 0 unspecified atom stereocenters. The van der Waals surface area contributed by atoms with Gasteiger partial charge in [-0.2, -0.15) is 9.40 Å². The molecule has 1 aliphatic heterocycles. The van der Waals surface area contributed by atoms with Gasteiger partial charge in [0.25, 0.3) is 5.91 Å². The van der Waals surface area contributed by atoms with Crippen molar-refractivity contribution in [3.8, 4) is 5.69 Å². The maximum absolute atomic E-state index is 12.8. The Morgan fingerprint density at radius 2 is 1.97 bits per heavy atom. The van der Waals surface area contributed by atoms with Crippen molar-refractivity contribution in [1.82, 2.24) is 19.4 Å². The van der Waals surface area contributed by atoms with Crippen molar-refractivity contribution in [1.29, 1.82) is 0 Å². The Labute approximate surface area is 183 Å². The number of nitrogens with one attached hydrogen (secondary N) is 2. The minimum atomic E-state index is -3.86. The number of hydrogen-bond acceptors (Lipinski definition) is 5. The summed E-state index contributed by atoms with van der Waals surface area (Å²) in [5.74, 6) is -0.795. The lowest BCUT2D eigenvalue weighted by Gasteiger charge is -2.26. The van der Waals surface area contributed by atoms with Gasteiger partial charge >= 0.3 is 0 Å². The molecule has 1 fully saturated rings. The molecular weight excluding hydrogens is 442 g/mol. The molecule has 2 heterocycles. The van der Waals surface area contributed by atoms with Gasteiger partial charge in [0.2, 0.25) is 15.9 Å². The molecule has 0 saturated carbocycles. The van der Waals surface area contributed by atoms with Gasteiger partial charge in [0, 0.05) is 30.0 Å². The van der Waals surface area contributed by atoms with Crippen LogP contribution < -0.4 is 10.6 Å². The third-order valence-electron chi connectivity index (χ3n) is 4.65. The molecule has 0 atom stereocenters. The van der Waals surface area contributed by atoms with Crippen molar-refractivity contribution < 1.29 is 18.0 Å². The van der Waals surface area contributed by atoms with E-state index in [1.54, 1.807) is 36.5 Å². The second-order valence-electron chi connectivity index (χ2n) is 6.82. The maximum Gasteiger partial charge on any atom is 0.258 e. The number of piperazine rings is 1. The van der Waals surface area contributed by atoms with Crippen LogP contribution in [-0.4, -0.2) is 54.0 Å². The van der Waals surface area contributed by atoms with Crippen LogP contribution in [0, 0.1) is 0 Å². The van der Waals surface area contributed by atoms with Crippen molar-refractivity contribution in [2.24, 2.45) is 0 Å². The van der Waals surface area contributed by atoms with Crippen molar-refractivity contribution in [2.45, 2.75) is 4.90 Å². The van der Waals surface area contributed by atoms with Crippen LogP contribution in [0.4, 0.5) is 5.69 Å². The number of carbonyl (C=O) groups excluding carboxylic acids is 2. The van der Waals surface area contributed by atoms with E-state index in [4.69, 9.17) is 11.6 Å². The Morgan fingerprint density at radius 1 is 1.16 bits per heavy atom. The van der Waals surface area contributed by atoms with Gasteiger partial charge in [-0.3, -0.25) is 9.59 Å². The van der Waals surface area contributed by atoms with Gasteiger partial charge in [-0.05, 0) is 36.4 Å². The van der Waals surface area contributed by atoms with Gasteiger partial charge < -0.3 is 10.6 Å². The second-order valence-corrected chi connectivity index (χ2v) is 9.20. The Bertz CT molecular complexity index is 1260. The Balaban J connectivity index is 1.51. The number of hydrogen-bond donors (Lipinski definition) is 2. The molecule has 0 aliphatic carbocycles. The molecular formula is C20H18ClN5O4S. The predicted molar refractivity (Wildman–Crippen MR) is 115 cm³/mol. The summed E-state index contributed by atoms with van der Waals surface area (Å²) in [6.07, 6.45) is 2.96. The third-order valence-corrected chi connectivity index (χ3v) is 6.73. The first kappa shape index (κ1) is 21.0. The number of sulfonamides is 1. The number of aromatic nitrogens is 2. The molecule has 11 heteroatoms. The largest absolute Gasteiger partial charge is 0.354 e. The zero-order valence-corrected chi connectivity index (χ0v) is 17.7. The maximum atomic E-state index is 12.8. The number of benzene rings is 2. The highest BCUT2D eigenvalue weighted by Gasteiger charge is 2.29. The minimum Gasteiger partial charge on any atom is -0.354 e. The van der Waals surface area contributed by atoms with E-state index in [1.165, 1.54) is 29.1 Å². The van der Waals surface area contributed by atoms with Crippen molar-refractivity contribution in [2.75, 3.05) is 25.0 Å². The van der Waals surface area contributed by atoms with Crippen LogP contribution >= 0.6 is 11.6 Å². The first-order chi connectivity index (χ1) is 14.8. The van der Waals surface area contributed by atoms with Gasteiger partial charge in [0.15, 0.2) is 0 Å². The summed E-state index contributed by atoms with van der Waals surface area (Å²) in [7, 11) is -3.86. The molecule has 160 valence electrons. The normalized spacial score (nSPS) is 14.8. The summed E-state index contributed by atoms with van der Waals surface area (Å²) in [6.45, 7) is 0.208. The summed E-state index contributed by atoms with van der Waals surface area (Å²) < 4.78 is 28.3. The molecule has 9 nitrogen and oxygen atoms in total. The third kappa shape index (κ3) is 4.61. The fourth-order valence-electron chi connectivity index (χ4n) is 3.11. The lowest BCUT2D eigenvalue weighted by molar-refractivity contribution is -0.122. The summed E-state index contributed by atoms with van der Waals surface area (Å²) in [5, 5.41) is 9.99. The average molecular weight is 460 g/mol. The van der Waals surface area contributed by atoms with E-state index >= 15 is 0 Å². The van der Waals surface area contributed by atoms with Gasteiger partial charge in [0.1, 0.15) is 0 Å². The number of nitrogens with zero attached hydrogens (tertiary/aromatic N) is 3. The molecule has 2 N–H and O–H groups in total. The number of halogens is 1. The van der Waals surface area contributed by atoms with Crippen LogP contribution in [-0.2, 0) is 14.8 Å². The molecule has 2 aromatic carbocycles. The van der Waals surface area contributed by atoms with E-state index in [-0.39, 0.29) is 30.4 Å². The van der Waals surface area contributed by atoms with Crippen LogP contribution in [0.3, 0.4) is 0 Å².